The Hall–Kier alpha value is -1.60. The number of benzene rings is 2. The maximum atomic E-state index is 3.46. The Kier molecular flexibility index (Phi) is 5.58. The van der Waals surface area contributed by atoms with E-state index in [0.29, 0.717) is 5.41 Å². The van der Waals surface area contributed by atoms with Crippen LogP contribution in [0.4, 0.5) is 0 Å². The van der Waals surface area contributed by atoms with Crippen molar-refractivity contribution in [1.29, 1.82) is 0 Å². The van der Waals surface area contributed by atoms with Crippen molar-refractivity contribution < 1.29 is 0 Å². The van der Waals surface area contributed by atoms with Gasteiger partial charge in [-0.05, 0) is 41.5 Å². The fourth-order valence-electron chi connectivity index (χ4n) is 2.53. The molecule has 0 aliphatic rings. The van der Waals surface area contributed by atoms with Gasteiger partial charge < -0.3 is 5.32 Å². The molecule has 0 aromatic heterocycles. The van der Waals surface area contributed by atoms with Crippen molar-refractivity contribution in [2.24, 2.45) is 5.41 Å². The molecule has 2 aromatic rings. The van der Waals surface area contributed by atoms with Gasteiger partial charge in [0.05, 0.1) is 0 Å². The van der Waals surface area contributed by atoms with Crippen LogP contribution in [0.2, 0.25) is 0 Å². The summed E-state index contributed by atoms with van der Waals surface area (Å²) >= 11 is 0. The van der Waals surface area contributed by atoms with E-state index in [1.807, 2.05) is 0 Å². The topological polar surface area (TPSA) is 12.0 Å². The van der Waals surface area contributed by atoms with Gasteiger partial charge in [0, 0.05) is 6.54 Å². The maximum Gasteiger partial charge on any atom is 0.000251 e. The summed E-state index contributed by atoms with van der Waals surface area (Å²) in [6.07, 6.45) is 2.36. The van der Waals surface area contributed by atoms with Gasteiger partial charge in [-0.1, -0.05) is 75.4 Å². The molecule has 2 aromatic carbocycles. The maximum absolute atomic E-state index is 3.46. The lowest BCUT2D eigenvalue weighted by atomic mass is 9.86. The number of hydrogen-bond donors (Lipinski definition) is 1. The molecule has 1 nitrogen and oxygen atoms in total. The monoisotopic (exact) mass is 281 g/mol. The first kappa shape index (κ1) is 15.8. The number of rotatable bonds is 7. The molecule has 1 N–H and O–H groups in total. The van der Waals surface area contributed by atoms with Crippen molar-refractivity contribution in [3.05, 3.63) is 60.2 Å². The summed E-state index contributed by atoms with van der Waals surface area (Å²) in [5.74, 6) is 0. The normalized spacial score (nSPS) is 11.6. The van der Waals surface area contributed by atoms with E-state index in [0.717, 1.165) is 19.5 Å². The third-order valence-corrected chi connectivity index (χ3v) is 4.01. The van der Waals surface area contributed by atoms with Gasteiger partial charge in [-0.25, -0.2) is 0 Å². The van der Waals surface area contributed by atoms with Crippen molar-refractivity contribution in [1.82, 2.24) is 5.32 Å². The second-order valence-electron chi connectivity index (χ2n) is 6.51. The van der Waals surface area contributed by atoms with E-state index in [-0.39, 0.29) is 0 Å². The Bertz CT molecular complexity index is 526. The zero-order valence-electron chi connectivity index (χ0n) is 13.5. The molecular weight excluding hydrogens is 254 g/mol. The van der Waals surface area contributed by atoms with Gasteiger partial charge in [0.1, 0.15) is 0 Å². The number of aryl methyl sites for hydroxylation is 1. The molecule has 0 aliphatic carbocycles. The fraction of sp³-hybridized carbons (Fsp3) is 0.400. The first-order valence-electron chi connectivity index (χ1n) is 7.96. The molecule has 0 atom stereocenters. The Labute approximate surface area is 129 Å². The summed E-state index contributed by atoms with van der Waals surface area (Å²) < 4.78 is 0. The predicted molar refractivity (Wildman–Crippen MR) is 92.5 cm³/mol. The highest BCUT2D eigenvalue weighted by Gasteiger charge is 2.16. The molecule has 0 spiro atoms. The van der Waals surface area contributed by atoms with Crippen LogP contribution in [-0.2, 0) is 6.42 Å². The van der Waals surface area contributed by atoms with Crippen LogP contribution >= 0.6 is 0 Å². The second-order valence-corrected chi connectivity index (χ2v) is 6.51. The minimum Gasteiger partial charge on any atom is -0.316 e. The van der Waals surface area contributed by atoms with E-state index >= 15 is 0 Å². The van der Waals surface area contributed by atoms with Gasteiger partial charge in [0.15, 0.2) is 0 Å². The van der Waals surface area contributed by atoms with E-state index in [1.54, 1.807) is 0 Å². The van der Waals surface area contributed by atoms with Crippen LogP contribution in [0.3, 0.4) is 0 Å². The van der Waals surface area contributed by atoms with Crippen molar-refractivity contribution in [3.63, 3.8) is 0 Å². The van der Waals surface area contributed by atoms with E-state index in [1.165, 1.54) is 23.1 Å². The third-order valence-electron chi connectivity index (χ3n) is 4.01. The van der Waals surface area contributed by atoms with Crippen LogP contribution in [0.5, 0.6) is 0 Å². The SMILES string of the molecule is CCNCC(C)(C)CCc1ccc(-c2ccccc2)cc1. The quantitative estimate of drug-likeness (QED) is 0.759. The van der Waals surface area contributed by atoms with Crippen LogP contribution in [0.15, 0.2) is 54.6 Å². The molecule has 21 heavy (non-hydrogen) atoms. The third kappa shape index (κ3) is 5.02. The number of nitrogens with one attached hydrogen (secondary N) is 1. The van der Waals surface area contributed by atoms with Gasteiger partial charge in [-0.3, -0.25) is 0 Å². The molecule has 1 heteroatoms. The summed E-state index contributed by atoms with van der Waals surface area (Å²) in [5, 5.41) is 3.46. The highest BCUT2D eigenvalue weighted by atomic mass is 14.9. The summed E-state index contributed by atoms with van der Waals surface area (Å²) in [4.78, 5) is 0. The van der Waals surface area contributed by atoms with E-state index < -0.39 is 0 Å². The van der Waals surface area contributed by atoms with Gasteiger partial charge in [0.25, 0.3) is 0 Å². The number of hydrogen-bond acceptors (Lipinski definition) is 1. The van der Waals surface area contributed by atoms with Gasteiger partial charge in [-0.2, -0.15) is 0 Å². The fourth-order valence-corrected chi connectivity index (χ4v) is 2.53. The van der Waals surface area contributed by atoms with Crippen molar-refractivity contribution in [3.8, 4) is 11.1 Å². The Morgan fingerprint density at radius 2 is 1.48 bits per heavy atom. The summed E-state index contributed by atoms with van der Waals surface area (Å²) in [7, 11) is 0. The highest BCUT2D eigenvalue weighted by molar-refractivity contribution is 5.63. The Morgan fingerprint density at radius 1 is 0.857 bits per heavy atom. The summed E-state index contributed by atoms with van der Waals surface area (Å²) in [5.41, 5.74) is 4.37. The van der Waals surface area contributed by atoms with Crippen LogP contribution in [0.1, 0.15) is 32.8 Å². The van der Waals surface area contributed by atoms with Crippen LogP contribution < -0.4 is 5.32 Å². The minimum atomic E-state index is 0.355. The Balaban J connectivity index is 1.94. The lowest BCUT2D eigenvalue weighted by Gasteiger charge is -2.24. The molecule has 112 valence electrons. The Morgan fingerprint density at radius 3 is 2.10 bits per heavy atom. The van der Waals surface area contributed by atoms with Crippen molar-refractivity contribution in [2.45, 2.75) is 33.6 Å². The molecule has 0 saturated heterocycles. The first-order valence-corrected chi connectivity index (χ1v) is 7.96. The molecule has 0 saturated carbocycles. The van der Waals surface area contributed by atoms with E-state index in [2.05, 4.69) is 80.7 Å². The molecule has 0 radical (unpaired) electrons. The van der Waals surface area contributed by atoms with E-state index in [9.17, 15) is 0 Å². The molecule has 0 bridgehead atoms. The molecule has 0 aliphatic heterocycles. The molecule has 0 heterocycles. The zero-order valence-corrected chi connectivity index (χ0v) is 13.5. The van der Waals surface area contributed by atoms with Gasteiger partial charge in [0.2, 0.25) is 0 Å². The molecular formula is C20H27N. The zero-order chi connectivity index (χ0) is 15.1. The van der Waals surface area contributed by atoms with Gasteiger partial charge >= 0.3 is 0 Å². The first-order chi connectivity index (χ1) is 10.1. The van der Waals surface area contributed by atoms with Crippen LogP contribution in [-0.4, -0.2) is 13.1 Å². The second kappa shape index (κ2) is 7.42. The van der Waals surface area contributed by atoms with E-state index in [4.69, 9.17) is 0 Å². The molecule has 0 unspecified atom stereocenters. The van der Waals surface area contributed by atoms with Gasteiger partial charge in [-0.15, -0.1) is 0 Å². The van der Waals surface area contributed by atoms with Crippen LogP contribution in [0.25, 0.3) is 11.1 Å². The predicted octanol–water partition coefficient (Wildman–Crippen LogP) is 4.92. The minimum absolute atomic E-state index is 0.355. The average molecular weight is 281 g/mol. The lowest BCUT2D eigenvalue weighted by Crippen LogP contribution is -2.29. The molecule has 2 rings (SSSR count). The smallest absolute Gasteiger partial charge is 0.000251 e. The van der Waals surface area contributed by atoms with Crippen molar-refractivity contribution >= 4 is 0 Å². The van der Waals surface area contributed by atoms with Crippen molar-refractivity contribution in [2.75, 3.05) is 13.1 Å². The highest BCUT2D eigenvalue weighted by Crippen LogP contribution is 2.24. The largest absolute Gasteiger partial charge is 0.316 e. The molecule has 0 fully saturated rings. The molecule has 0 amide bonds. The lowest BCUT2D eigenvalue weighted by molar-refractivity contribution is 0.318. The average Bonchev–Trinajstić information content (AvgIpc) is 2.53. The standard InChI is InChI=1S/C20H27N/c1-4-21-16-20(2,3)15-14-17-10-12-19(13-11-17)18-8-6-5-7-9-18/h5-13,21H,4,14-16H2,1-3H3. The van der Waals surface area contributed by atoms with Crippen LogP contribution in [0, 0.1) is 5.41 Å². The summed E-state index contributed by atoms with van der Waals surface area (Å²) in [6, 6.07) is 19.6. The summed E-state index contributed by atoms with van der Waals surface area (Å²) in [6.45, 7) is 8.99.